The standard InChI is InChI=1S/C36H52O8S/c1-9-10-17-45(42,43)20-22-28(39)32(4,21-37)25-11-12-33(5)26(35(25,7)29(22)40)18-24(38)27-23-19-31(2,3)13-15-36(23,30(41)44-8)16-14-34(27,33)6/h18,20,23,25,27,37H,9-17,19,21H2,1-8H3/t23-,25-,27-,32+,33+,34+,35-,36-/m0/s1. The Morgan fingerprint density at radius 2 is 1.64 bits per heavy atom. The number of hydrogen-bond acceptors (Lipinski definition) is 8. The first-order chi connectivity index (χ1) is 20.7. The molecular weight excluding hydrogens is 592 g/mol. The summed E-state index contributed by atoms with van der Waals surface area (Å²) < 4.78 is 31.6. The highest BCUT2D eigenvalue weighted by atomic mass is 32.2. The van der Waals surface area contributed by atoms with Gasteiger partial charge in [0.1, 0.15) is 0 Å². The fraction of sp³-hybridized carbons (Fsp3) is 0.778. The number of ketones is 3. The van der Waals surface area contributed by atoms with Gasteiger partial charge in [-0.2, -0.15) is 0 Å². The lowest BCUT2D eigenvalue weighted by molar-refractivity contribution is -0.192. The molecule has 0 aromatic rings. The van der Waals surface area contributed by atoms with E-state index in [0.29, 0.717) is 56.9 Å². The minimum atomic E-state index is -3.88. The maximum absolute atomic E-state index is 14.7. The molecule has 0 unspecified atom stereocenters. The van der Waals surface area contributed by atoms with Crippen LogP contribution in [0.15, 0.2) is 22.6 Å². The van der Waals surface area contributed by atoms with Gasteiger partial charge in [0.2, 0.25) is 0 Å². The number of sulfone groups is 1. The van der Waals surface area contributed by atoms with Crippen molar-refractivity contribution in [3.63, 3.8) is 0 Å². The Balaban J connectivity index is 1.70. The van der Waals surface area contributed by atoms with Gasteiger partial charge in [-0.15, -0.1) is 0 Å². The Morgan fingerprint density at radius 1 is 1.00 bits per heavy atom. The van der Waals surface area contributed by atoms with E-state index in [9.17, 15) is 32.7 Å². The quantitative estimate of drug-likeness (QED) is 0.226. The van der Waals surface area contributed by atoms with Crippen LogP contribution in [-0.2, 0) is 33.8 Å². The number of rotatable bonds is 6. The molecule has 0 spiro atoms. The number of allylic oxidation sites excluding steroid dienone is 3. The summed E-state index contributed by atoms with van der Waals surface area (Å²) in [5.74, 6) is -3.03. The molecular formula is C36H52O8S. The van der Waals surface area contributed by atoms with Crippen molar-refractivity contribution in [2.75, 3.05) is 19.5 Å². The van der Waals surface area contributed by atoms with Gasteiger partial charge in [-0.3, -0.25) is 19.2 Å². The van der Waals surface area contributed by atoms with E-state index in [1.165, 1.54) is 7.11 Å². The van der Waals surface area contributed by atoms with E-state index < -0.39 is 72.5 Å². The minimum Gasteiger partial charge on any atom is -0.469 e. The molecule has 9 heteroatoms. The summed E-state index contributed by atoms with van der Waals surface area (Å²) in [5.41, 5.74) is -4.53. The summed E-state index contributed by atoms with van der Waals surface area (Å²) in [7, 11) is -2.45. The van der Waals surface area contributed by atoms with Gasteiger partial charge in [0.25, 0.3) is 0 Å². The summed E-state index contributed by atoms with van der Waals surface area (Å²) in [6.45, 7) is 13.4. The van der Waals surface area contributed by atoms with Gasteiger partial charge in [0.05, 0.1) is 41.3 Å². The molecule has 4 fully saturated rings. The highest BCUT2D eigenvalue weighted by Crippen LogP contribution is 2.74. The van der Waals surface area contributed by atoms with Gasteiger partial charge >= 0.3 is 5.97 Å². The molecule has 5 rings (SSSR count). The van der Waals surface area contributed by atoms with Crippen molar-refractivity contribution in [3.8, 4) is 0 Å². The molecule has 8 atom stereocenters. The summed E-state index contributed by atoms with van der Waals surface area (Å²) in [6.07, 6.45) is 7.17. The van der Waals surface area contributed by atoms with Gasteiger partial charge in [-0.25, -0.2) is 8.42 Å². The number of aliphatic hydroxyl groups excluding tert-OH is 1. The van der Waals surface area contributed by atoms with Crippen molar-refractivity contribution < 1.29 is 37.4 Å². The molecule has 0 heterocycles. The zero-order valence-electron chi connectivity index (χ0n) is 28.4. The SMILES string of the molecule is CCCCS(=O)(=O)C=C1C(=O)[C@]2(C)C3=CC(=O)[C@@H]4[C@@H]5CC(C)(C)CC[C@]5(C(=O)OC)CC[C@@]4(C)[C@]3(C)CC[C@H]2[C@@](C)(CO)C1=O. The summed E-state index contributed by atoms with van der Waals surface area (Å²) in [5, 5.41) is 11.6. The summed E-state index contributed by atoms with van der Waals surface area (Å²) in [4.78, 5) is 56.7. The zero-order valence-corrected chi connectivity index (χ0v) is 29.2. The third kappa shape index (κ3) is 4.56. The van der Waals surface area contributed by atoms with Crippen molar-refractivity contribution in [1.29, 1.82) is 0 Å². The minimum absolute atomic E-state index is 0.0547. The number of ether oxygens (including phenoxy) is 1. The topological polar surface area (TPSA) is 132 Å². The van der Waals surface area contributed by atoms with Crippen molar-refractivity contribution >= 4 is 33.2 Å². The Hall–Kier alpha value is -2.13. The molecule has 1 N–H and O–H groups in total. The van der Waals surface area contributed by atoms with Crippen molar-refractivity contribution in [2.45, 2.75) is 106 Å². The average Bonchev–Trinajstić information content (AvgIpc) is 2.98. The summed E-state index contributed by atoms with van der Waals surface area (Å²) in [6, 6.07) is 0. The molecule has 45 heavy (non-hydrogen) atoms. The van der Waals surface area contributed by atoms with Crippen LogP contribution in [0, 0.1) is 50.2 Å². The van der Waals surface area contributed by atoms with E-state index >= 15 is 0 Å². The number of methoxy groups -OCH3 is 1. The van der Waals surface area contributed by atoms with Crippen LogP contribution in [0.1, 0.15) is 106 Å². The fourth-order valence-electron chi connectivity index (χ4n) is 10.9. The van der Waals surface area contributed by atoms with Crippen LogP contribution in [0.2, 0.25) is 0 Å². The first-order valence-electron chi connectivity index (χ1n) is 16.7. The normalized spacial score (nSPS) is 43.5. The van der Waals surface area contributed by atoms with Crippen LogP contribution >= 0.6 is 0 Å². The molecule has 5 aliphatic rings. The fourth-order valence-corrected chi connectivity index (χ4v) is 12.3. The lowest BCUT2D eigenvalue weighted by atomic mass is 9.33. The van der Waals surface area contributed by atoms with Crippen LogP contribution in [0.3, 0.4) is 0 Å². The van der Waals surface area contributed by atoms with E-state index in [1.807, 2.05) is 6.92 Å². The molecule has 8 nitrogen and oxygen atoms in total. The number of aliphatic hydroxyl groups is 1. The second-order valence-electron chi connectivity index (χ2n) is 16.6. The maximum Gasteiger partial charge on any atom is 0.312 e. The largest absolute Gasteiger partial charge is 0.469 e. The number of Topliss-reactive ketones (excluding diaryl/α,β-unsaturated/α-hetero) is 2. The second kappa shape index (κ2) is 10.7. The van der Waals surface area contributed by atoms with E-state index in [1.54, 1.807) is 19.9 Å². The number of carbonyl (C=O) groups is 4. The predicted octanol–water partition coefficient (Wildman–Crippen LogP) is 5.57. The molecule has 250 valence electrons. The number of unbranched alkanes of at least 4 members (excludes halogenated alkanes) is 1. The van der Waals surface area contributed by atoms with Crippen LogP contribution in [0.4, 0.5) is 0 Å². The van der Waals surface area contributed by atoms with Crippen LogP contribution in [-0.4, -0.2) is 56.3 Å². The summed E-state index contributed by atoms with van der Waals surface area (Å²) >= 11 is 0. The molecule has 0 saturated heterocycles. The van der Waals surface area contributed by atoms with E-state index in [-0.39, 0.29) is 28.8 Å². The molecule has 5 aliphatic carbocycles. The highest BCUT2D eigenvalue weighted by molar-refractivity contribution is 7.94. The Labute approximate surface area is 268 Å². The highest BCUT2D eigenvalue weighted by Gasteiger charge is 2.73. The monoisotopic (exact) mass is 644 g/mol. The molecule has 0 amide bonds. The average molecular weight is 645 g/mol. The van der Waals surface area contributed by atoms with Gasteiger partial charge in [-0.05, 0) is 105 Å². The zero-order chi connectivity index (χ0) is 33.6. The van der Waals surface area contributed by atoms with Gasteiger partial charge in [-0.1, -0.05) is 41.0 Å². The lowest BCUT2D eigenvalue weighted by Gasteiger charge is -2.69. The molecule has 0 bridgehead atoms. The lowest BCUT2D eigenvalue weighted by Crippen LogP contribution is -2.68. The third-order valence-corrected chi connectivity index (χ3v) is 15.2. The van der Waals surface area contributed by atoms with Crippen molar-refractivity contribution in [3.05, 3.63) is 22.6 Å². The van der Waals surface area contributed by atoms with Gasteiger partial charge in [0, 0.05) is 11.3 Å². The van der Waals surface area contributed by atoms with Gasteiger partial charge in [0.15, 0.2) is 27.2 Å². The molecule has 4 saturated carbocycles. The predicted molar refractivity (Wildman–Crippen MR) is 170 cm³/mol. The number of fused-ring (bicyclic) bond motifs is 7. The van der Waals surface area contributed by atoms with E-state index in [0.717, 1.165) is 11.8 Å². The number of esters is 1. The van der Waals surface area contributed by atoms with Gasteiger partial charge < -0.3 is 9.84 Å². The first kappa shape index (κ1) is 34.2. The molecule has 0 aliphatic heterocycles. The molecule has 0 aromatic heterocycles. The van der Waals surface area contributed by atoms with Crippen LogP contribution in [0.5, 0.6) is 0 Å². The number of hydrogen-bond donors (Lipinski definition) is 1. The van der Waals surface area contributed by atoms with Crippen LogP contribution in [0.25, 0.3) is 0 Å². The first-order valence-corrected chi connectivity index (χ1v) is 18.5. The Morgan fingerprint density at radius 3 is 2.24 bits per heavy atom. The smallest absolute Gasteiger partial charge is 0.312 e. The molecule has 0 aromatic carbocycles. The second-order valence-corrected chi connectivity index (χ2v) is 18.6. The number of carbonyl (C=O) groups excluding carboxylic acids is 4. The van der Waals surface area contributed by atoms with E-state index in [4.69, 9.17) is 4.74 Å². The van der Waals surface area contributed by atoms with Crippen molar-refractivity contribution in [1.82, 2.24) is 0 Å². The van der Waals surface area contributed by atoms with Crippen molar-refractivity contribution in [2.24, 2.45) is 50.2 Å². The maximum atomic E-state index is 14.7. The Kier molecular flexibility index (Phi) is 8.13. The van der Waals surface area contributed by atoms with E-state index in [2.05, 4.69) is 27.7 Å². The third-order valence-electron chi connectivity index (χ3n) is 13.8. The van der Waals surface area contributed by atoms with Crippen LogP contribution < -0.4 is 0 Å². The molecule has 0 radical (unpaired) electrons. The Bertz CT molecular complexity index is 1500.